The van der Waals surface area contributed by atoms with Gasteiger partial charge in [0.25, 0.3) is 0 Å². The van der Waals surface area contributed by atoms with E-state index in [2.05, 4.69) is 4.74 Å². The third kappa shape index (κ3) is 10.7. The summed E-state index contributed by atoms with van der Waals surface area (Å²) in [6.07, 6.45) is -1.58. The Morgan fingerprint density at radius 2 is 2.29 bits per heavy atom. The molecular weight excluding hydrogens is 112 g/mol. The first-order valence-electron chi connectivity index (χ1n) is 1.10. The molecule has 0 aromatic heterocycles. The molecule has 0 saturated carbocycles. The fourth-order valence-electron chi connectivity index (χ4n) is 0.0412. The SMILES string of the molecule is O=COC(=O)O.[H-].[H-].[Mg+2]. The summed E-state index contributed by atoms with van der Waals surface area (Å²) in [5.41, 5.74) is 0. The summed E-state index contributed by atoms with van der Waals surface area (Å²) < 4.78 is 3.28. The molecule has 0 rings (SSSR count). The van der Waals surface area contributed by atoms with Crippen LogP contribution in [-0.2, 0) is 9.53 Å². The Kier molecular flexibility index (Phi) is 8.04. The van der Waals surface area contributed by atoms with Gasteiger partial charge in [0.05, 0.1) is 0 Å². The third-order valence-electron chi connectivity index (χ3n) is 0.149. The summed E-state index contributed by atoms with van der Waals surface area (Å²) in [6, 6.07) is 0. The molecule has 0 fully saturated rings. The summed E-state index contributed by atoms with van der Waals surface area (Å²) in [7, 11) is 0. The van der Waals surface area contributed by atoms with E-state index in [0.29, 0.717) is 0 Å². The maximum atomic E-state index is 9.15. The molecule has 0 aromatic rings. The summed E-state index contributed by atoms with van der Waals surface area (Å²) in [4.78, 5) is 18.2. The second kappa shape index (κ2) is 5.71. The van der Waals surface area contributed by atoms with Gasteiger partial charge in [0.15, 0.2) is 0 Å². The van der Waals surface area contributed by atoms with Crippen LogP contribution in [-0.4, -0.2) is 40.8 Å². The van der Waals surface area contributed by atoms with Crippen molar-refractivity contribution in [2.75, 3.05) is 0 Å². The molecule has 0 radical (unpaired) electrons. The zero-order valence-electron chi connectivity index (χ0n) is 5.46. The molecule has 0 aliphatic rings. The van der Waals surface area contributed by atoms with Crippen molar-refractivity contribution in [1.29, 1.82) is 0 Å². The molecule has 0 heterocycles. The van der Waals surface area contributed by atoms with Gasteiger partial charge in [-0.15, -0.1) is 0 Å². The van der Waals surface area contributed by atoms with Crippen LogP contribution >= 0.6 is 0 Å². The van der Waals surface area contributed by atoms with Gasteiger partial charge < -0.3 is 12.7 Å². The van der Waals surface area contributed by atoms with Gasteiger partial charge in [-0.05, 0) is 0 Å². The van der Waals surface area contributed by atoms with Gasteiger partial charge in [0.2, 0.25) is 0 Å². The van der Waals surface area contributed by atoms with Gasteiger partial charge in [-0.3, -0.25) is 4.79 Å². The van der Waals surface area contributed by atoms with E-state index in [1.165, 1.54) is 0 Å². The largest absolute Gasteiger partial charge is 2.00 e. The van der Waals surface area contributed by atoms with Gasteiger partial charge in [0, 0.05) is 0 Å². The first kappa shape index (κ1) is 9.86. The zero-order chi connectivity index (χ0) is 4.99. The van der Waals surface area contributed by atoms with Crippen molar-refractivity contribution in [2.24, 2.45) is 0 Å². The van der Waals surface area contributed by atoms with Crippen LogP contribution in [0.15, 0.2) is 0 Å². The number of carboxylic acid groups (broad SMARTS) is 1. The summed E-state index contributed by atoms with van der Waals surface area (Å²) >= 11 is 0. The van der Waals surface area contributed by atoms with Crippen LogP contribution in [0, 0.1) is 0 Å². The van der Waals surface area contributed by atoms with Crippen molar-refractivity contribution in [3.8, 4) is 0 Å². The van der Waals surface area contributed by atoms with E-state index in [1.54, 1.807) is 0 Å². The van der Waals surface area contributed by atoms with Crippen LogP contribution in [0.3, 0.4) is 0 Å². The maximum absolute atomic E-state index is 9.15. The topological polar surface area (TPSA) is 63.6 Å². The summed E-state index contributed by atoms with van der Waals surface area (Å²) in [5.74, 6) is 0. The fourth-order valence-corrected chi connectivity index (χ4v) is 0.0412. The Bertz CT molecular complexity index is 77.0. The molecule has 4 nitrogen and oxygen atoms in total. The van der Waals surface area contributed by atoms with Crippen molar-refractivity contribution in [2.45, 2.75) is 0 Å². The average molecular weight is 116 g/mol. The van der Waals surface area contributed by atoms with Crippen LogP contribution in [0.2, 0.25) is 0 Å². The standard InChI is InChI=1S/C2H2O4.Mg.2H/c3-1-6-2(4)5;;;/h1H,(H,4,5);;;/q;+2;2*-1. The van der Waals surface area contributed by atoms with E-state index in [0.717, 1.165) is 0 Å². The molecule has 5 heteroatoms. The molecule has 1 N–H and O–H groups in total. The number of hydrogen-bond donors (Lipinski definition) is 1. The minimum atomic E-state index is -1.58. The third-order valence-corrected chi connectivity index (χ3v) is 0.149. The minimum Gasteiger partial charge on any atom is -1.00 e. The van der Waals surface area contributed by atoms with Gasteiger partial charge >= 0.3 is 35.7 Å². The van der Waals surface area contributed by atoms with Gasteiger partial charge in [-0.25, -0.2) is 4.79 Å². The Morgan fingerprint density at radius 3 is 2.29 bits per heavy atom. The molecular formula is C2H4MgO4. The van der Waals surface area contributed by atoms with Crippen LogP contribution in [0.25, 0.3) is 0 Å². The molecule has 0 aromatic carbocycles. The number of carbonyl (C=O) groups excluding carboxylic acids is 1. The zero-order valence-corrected chi connectivity index (χ0v) is 4.87. The maximum Gasteiger partial charge on any atom is 2.00 e. The van der Waals surface area contributed by atoms with Crippen LogP contribution in [0.5, 0.6) is 0 Å². The van der Waals surface area contributed by atoms with Crippen LogP contribution < -0.4 is 0 Å². The average Bonchev–Trinajstić information content (AvgIpc) is 1.35. The van der Waals surface area contributed by atoms with Crippen molar-refractivity contribution in [1.82, 2.24) is 0 Å². The predicted molar refractivity (Wildman–Crippen MR) is 23.2 cm³/mol. The molecule has 38 valence electrons. The molecule has 0 saturated heterocycles. The Labute approximate surface area is 58.6 Å². The minimum absolute atomic E-state index is 0. The normalized spacial score (nSPS) is 5.71. The molecule has 0 spiro atoms. The number of hydrogen-bond acceptors (Lipinski definition) is 3. The summed E-state index contributed by atoms with van der Waals surface area (Å²) in [6.45, 7) is -0.150. The van der Waals surface area contributed by atoms with E-state index >= 15 is 0 Å². The van der Waals surface area contributed by atoms with E-state index in [4.69, 9.17) is 14.7 Å². The van der Waals surface area contributed by atoms with Crippen molar-refractivity contribution < 1.29 is 22.3 Å². The first-order valence-corrected chi connectivity index (χ1v) is 1.10. The second-order valence-electron chi connectivity index (χ2n) is 0.480. The quantitative estimate of drug-likeness (QED) is 0.221. The molecule has 0 amide bonds. The Balaban J connectivity index is -0.0000000417. The number of ether oxygens (including phenoxy) is 1. The van der Waals surface area contributed by atoms with Crippen molar-refractivity contribution >= 4 is 35.7 Å². The van der Waals surface area contributed by atoms with Crippen LogP contribution in [0.1, 0.15) is 2.85 Å². The van der Waals surface area contributed by atoms with Gasteiger partial charge in [-0.1, -0.05) is 0 Å². The van der Waals surface area contributed by atoms with E-state index in [9.17, 15) is 0 Å². The van der Waals surface area contributed by atoms with Crippen molar-refractivity contribution in [3.63, 3.8) is 0 Å². The van der Waals surface area contributed by atoms with E-state index < -0.39 is 6.16 Å². The van der Waals surface area contributed by atoms with E-state index in [-0.39, 0.29) is 32.4 Å². The smallest absolute Gasteiger partial charge is 1.00 e. The predicted octanol–water partition coefficient (Wildman–Crippen LogP) is -0.318. The molecule has 7 heavy (non-hydrogen) atoms. The molecule has 0 atom stereocenters. The Morgan fingerprint density at radius 1 is 1.86 bits per heavy atom. The van der Waals surface area contributed by atoms with Gasteiger partial charge in [0.1, 0.15) is 0 Å². The molecule has 0 unspecified atom stereocenters. The Hall–Kier alpha value is -0.294. The monoisotopic (exact) mass is 116 g/mol. The fraction of sp³-hybridized carbons (Fsp3) is 0. The molecule has 0 bridgehead atoms. The summed E-state index contributed by atoms with van der Waals surface area (Å²) in [5, 5.41) is 7.46. The molecule has 0 aliphatic heterocycles. The first-order chi connectivity index (χ1) is 2.77. The molecule has 0 aliphatic carbocycles. The van der Waals surface area contributed by atoms with E-state index in [1.807, 2.05) is 0 Å². The van der Waals surface area contributed by atoms with Crippen LogP contribution in [0.4, 0.5) is 4.79 Å². The number of rotatable bonds is 1. The van der Waals surface area contributed by atoms with Gasteiger partial charge in [-0.2, -0.15) is 0 Å². The second-order valence-corrected chi connectivity index (χ2v) is 0.480. The van der Waals surface area contributed by atoms with Crippen molar-refractivity contribution in [3.05, 3.63) is 0 Å². The number of carbonyl (C=O) groups is 2.